The molecule has 2 saturated heterocycles. The van der Waals surface area contributed by atoms with Crippen LogP contribution in [0.15, 0.2) is 278 Å². The molecule has 462 valence electrons. The summed E-state index contributed by atoms with van der Waals surface area (Å²) in [6.45, 7) is 7.33. The third kappa shape index (κ3) is 16.2. The summed E-state index contributed by atoms with van der Waals surface area (Å²) >= 11 is 1.34. The van der Waals surface area contributed by atoms with Crippen LogP contribution >= 0.6 is 11.8 Å². The molecule has 0 amide bonds. The standard InChI is InChI=1S/C76H76O12SSi/c1-76(2,3)90(62-45-27-11-28-46-62,63-47-29-12-30-48-63)83-54-65-67(69(86-72(77)59-39-21-8-22-40-59)71(87-73(78)60-41-23-9-24-42-60)75(85-65)89-61-43-25-10-26-44-61)88-74-70(82-52-58-37-19-7-20-38-58)68(81-51-57-35-17-6-18-36-57)66(80-50-56-33-15-5-16-34-56)64(84-74)53-79-49-55-31-13-4-14-32-55/h4-48,64-71,74-75H,49-54H2,1-3H3/t64-,65-,66+,67-,68+,69+,70-,71-,74-,75+/m1/s1. The van der Waals surface area contributed by atoms with E-state index in [2.05, 4.69) is 45.0 Å². The molecule has 2 fully saturated rings. The van der Waals surface area contributed by atoms with Crippen molar-refractivity contribution in [1.29, 1.82) is 0 Å². The second kappa shape index (κ2) is 31.3. The van der Waals surface area contributed by atoms with Crippen LogP contribution in [0.25, 0.3) is 0 Å². The Hall–Kier alpha value is -7.83. The molecular formula is C76H76O12SSi. The summed E-state index contributed by atoms with van der Waals surface area (Å²) in [5, 5.41) is 1.61. The molecule has 0 bridgehead atoms. The zero-order valence-electron chi connectivity index (χ0n) is 50.8. The first kappa shape index (κ1) is 63.7. The predicted molar refractivity (Wildman–Crippen MR) is 351 cm³/mol. The van der Waals surface area contributed by atoms with Crippen LogP contribution < -0.4 is 10.4 Å². The van der Waals surface area contributed by atoms with Crippen molar-refractivity contribution in [3.05, 3.63) is 306 Å². The van der Waals surface area contributed by atoms with Crippen LogP contribution in [0.3, 0.4) is 0 Å². The maximum atomic E-state index is 15.2. The molecule has 2 heterocycles. The molecule has 12 nitrogen and oxygen atoms in total. The van der Waals surface area contributed by atoms with Gasteiger partial charge in [0.2, 0.25) is 0 Å². The van der Waals surface area contributed by atoms with Gasteiger partial charge in [0.1, 0.15) is 42.1 Å². The van der Waals surface area contributed by atoms with E-state index in [9.17, 15) is 4.79 Å². The van der Waals surface area contributed by atoms with Crippen LogP contribution in [0.5, 0.6) is 0 Å². The lowest BCUT2D eigenvalue weighted by Crippen LogP contribution is -2.69. The van der Waals surface area contributed by atoms with E-state index >= 15 is 4.79 Å². The zero-order chi connectivity index (χ0) is 62.0. The average molecular weight is 1240 g/mol. The summed E-state index contributed by atoms with van der Waals surface area (Å²) in [7, 11) is -3.37. The van der Waals surface area contributed by atoms with Gasteiger partial charge in [-0.05, 0) is 74.1 Å². The second-order valence-corrected chi connectivity index (χ2v) is 28.8. The summed E-state index contributed by atoms with van der Waals surface area (Å²) in [5.41, 5.74) is 3.24. The Morgan fingerprint density at radius 1 is 0.400 bits per heavy atom. The topological polar surface area (TPSA) is 126 Å². The number of thioether (sulfide) groups is 1. The lowest BCUT2D eigenvalue weighted by molar-refractivity contribution is -0.355. The highest BCUT2D eigenvalue weighted by Crippen LogP contribution is 2.43. The number of esters is 2. The van der Waals surface area contributed by atoms with Crippen LogP contribution in [0.4, 0.5) is 0 Å². The minimum atomic E-state index is -3.37. The van der Waals surface area contributed by atoms with Crippen molar-refractivity contribution in [1.82, 2.24) is 0 Å². The highest BCUT2D eigenvalue weighted by Gasteiger charge is 2.58. The molecule has 11 rings (SSSR count). The number of rotatable bonds is 26. The van der Waals surface area contributed by atoms with Crippen LogP contribution in [0.1, 0.15) is 63.7 Å². The summed E-state index contributed by atoms with van der Waals surface area (Å²) in [6.07, 6.45) is -10.1. The molecule has 2 aliphatic rings. The highest BCUT2D eigenvalue weighted by atomic mass is 32.2. The molecule has 90 heavy (non-hydrogen) atoms. The highest BCUT2D eigenvalue weighted by molar-refractivity contribution is 7.99. The van der Waals surface area contributed by atoms with Crippen LogP contribution in [0, 0.1) is 0 Å². The van der Waals surface area contributed by atoms with Gasteiger partial charge in [-0.15, -0.1) is 0 Å². The largest absolute Gasteiger partial charge is 0.452 e. The molecule has 0 aliphatic carbocycles. The Bertz CT molecular complexity index is 3540. The minimum absolute atomic E-state index is 0.0336. The van der Waals surface area contributed by atoms with E-state index in [4.69, 9.17) is 47.1 Å². The summed E-state index contributed by atoms with van der Waals surface area (Å²) in [6, 6.07) is 87.6. The van der Waals surface area contributed by atoms with E-state index in [0.717, 1.165) is 37.5 Å². The smallest absolute Gasteiger partial charge is 0.338 e. The monoisotopic (exact) mass is 1240 g/mol. The average Bonchev–Trinajstić information content (AvgIpc) is 0.855. The Morgan fingerprint density at radius 2 is 0.778 bits per heavy atom. The number of benzene rings is 9. The molecule has 0 saturated carbocycles. The Morgan fingerprint density at radius 3 is 1.23 bits per heavy atom. The quantitative estimate of drug-likeness (QED) is 0.0377. The second-order valence-electron chi connectivity index (χ2n) is 23.3. The molecular weight excluding hydrogens is 1160 g/mol. The third-order valence-electron chi connectivity index (χ3n) is 16.1. The Kier molecular flexibility index (Phi) is 22.1. The van der Waals surface area contributed by atoms with Gasteiger partial charge in [0.25, 0.3) is 8.32 Å². The van der Waals surface area contributed by atoms with Crippen molar-refractivity contribution in [2.75, 3.05) is 13.2 Å². The van der Waals surface area contributed by atoms with Crippen LogP contribution in [0.2, 0.25) is 5.04 Å². The molecule has 0 unspecified atom stereocenters. The van der Waals surface area contributed by atoms with E-state index < -0.39 is 85.9 Å². The van der Waals surface area contributed by atoms with E-state index in [-0.39, 0.29) is 50.8 Å². The first-order valence-electron chi connectivity index (χ1n) is 30.6. The van der Waals surface area contributed by atoms with Crippen LogP contribution in [-0.4, -0.2) is 94.0 Å². The van der Waals surface area contributed by atoms with E-state index in [1.165, 1.54) is 11.8 Å². The number of carbonyl (C=O) groups is 2. The van der Waals surface area contributed by atoms with Crippen molar-refractivity contribution < 1.29 is 56.6 Å². The Labute approximate surface area is 533 Å². The molecule has 9 aromatic carbocycles. The van der Waals surface area contributed by atoms with Crippen molar-refractivity contribution >= 4 is 42.4 Å². The summed E-state index contributed by atoms with van der Waals surface area (Å²) in [4.78, 5) is 30.8. The SMILES string of the molecule is CC(C)(C)[Si](OC[C@H]1O[C@@H](Sc2ccccc2)[C@H](OC(=O)c2ccccc2)[C@@H](OC(=O)c2ccccc2)[C@@H]1O[C@H]1O[C@H](COCc2ccccc2)[C@H](OCc2ccccc2)[C@H](OCc2ccccc2)[C@H]1OCc1ccccc1)(c1ccccc1)c1ccccc1. The van der Waals surface area contributed by atoms with Crippen LogP contribution in [-0.2, 0) is 73.5 Å². The van der Waals surface area contributed by atoms with Crippen molar-refractivity contribution in [2.45, 2.75) is 118 Å². The number of carbonyl (C=O) groups excluding carboxylic acids is 2. The molecule has 2 aliphatic heterocycles. The van der Waals surface area contributed by atoms with Crippen molar-refractivity contribution in [3.63, 3.8) is 0 Å². The van der Waals surface area contributed by atoms with E-state index in [1.807, 2.05) is 200 Å². The van der Waals surface area contributed by atoms with E-state index in [1.54, 1.807) is 48.5 Å². The van der Waals surface area contributed by atoms with Crippen molar-refractivity contribution in [2.24, 2.45) is 0 Å². The lowest BCUT2D eigenvalue weighted by Gasteiger charge is -2.50. The van der Waals surface area contributed by atoms with Gasteiger partial charge in [-0.2, -0.15) is 0 Å². The molecule has 0 aromatic heterocycles. The van der Waals surface area contributed by atoms with Gasteiger partial charge in [-0.1, -0.05) is 269 Å². The fourth-order valence-corrected chi connectivity index (χ4v) is 17.4. The summed E-state index contributed by atoms with van der Waals surface area (Å²) in [5.74, 6) is -1.34. The molecule has 10 atom stereocenters. The summed E-state index contributed by atoms with van der Waals surface area (Å²) < 4.78 is 72.4. The first-order valence-corrected chi connectivity index (χ1v) is 33.4. The first-order chi connectivity index (χ1) is 44.1. The fraction of sp³-hybridized carbons (Fsp3) is 0.263. The maximum Gasteiger partial charge on any atom is 0.338 e. The van der Waals surface area contributed by atoms with Crippen molar-refractivity contribution in [3.8, 4) is 0 Å². The van der Waals surface area contributed by atoms with Gasteiger partial charge in [0.05, 0.1) is 50.8 Å². The number of ether oxygens (including phenoxy) is 9. The van der Waals surface area contributed by atoms with E-state index in [0.29, 0.717) is 0 Å². The lowest BCUT2D eigenvalue weighted by atomic mass is 9.96. The fourth-order valence-electron chi connectivity index (χ4n) is 11.7. The molecule has 0 spiro atoms. The number of hydrogen-bond donors (Lipinski definition) is 0. The predicted octanol–water partition coefficient (Wildman–Crippen LogP) is 13.6. The van der Waals surface area contributed by atoms with Gasteiger partial charge >= 0.3 is 11.9 Å². The zero-order valence-corrected chi connectivity index (χ0v) is 52.6. The van der Waals surface area contributed by atoms with Gasteiger partial charge in [-0.25, -0.2) is 9.59 Å². The van der Waals surface area contributed by atoms with Gasteiger partial charge in [0, 0.05) is 4.90 Å². The van der Waals surface area contributed by atoms with Gasteiger partial charge in [-0.3, -0.25) is 0 Å². The van der Waals surface area contributed by atoms with Gasteiger partial charge < -0.3 is 47.1 Å². The number of hydrogen-bond acceptors (Lipinski definition) is 13. The molecule has 0 N–H and O–H groups in total. The Balaban J connectivity index is 1.08. The minimum Gasteiger partial charge on any atom is -0.452 e. The molecule has 9 aromatic rings. The normalized spacial score (nSPS) is 21.9. The molecule has 14 heteroatoms. The molecule has 0 radical (unpaired) electrons. The third-order valence-corrected chi connectivity index (χ3v) is 22.3. The maximum absolute atomic E-state index is 15.2. The van der Waals surface area contributed by atoms with Gasteiger partial charge in [0.15, 0.2) is 18.5 Å².